The third-order valence-electron chi connectivity index (χ3n) is 4.57. The van der Waals surface area contributed by atoms with Gasteiger partial charge in [0.1, 0.15) is 0 Å². The molecule has 3 unspecified atom stereocenters. The van der Waals surface area contributed by atoms with Gasteiger partial charge in [0.25, 0.3) is 0 Å². The largest absolute Gasteiger partial charge is 0.0654 e. The lowest BCUT2D eigenvalue weighted by molar-refractivity contribution is 0.0173. The van der Waals surface area contributed by atoms with Gasteiger partial charge in [-0.2, -0.15) is 0 Å². The summed E-state index contributed by atoms with van der Waals surface area (Å²) >= 11 is 0. The smallest absolute Gasteiger partial charge is 0.0326 e. The van der Waals surface area contributed by atoms with Gasteiger partial charge in [0.15, 0.2) is 0 Å². The van der Waals surface area contributed by atoms with E-state index >= 15 is 0 Å². The molecule has 0 heterocycles. The molecule has 3 aliphatic rings. The van der Waals surface area contributed by atoms with Crippen LogP contribution in [-0.4, -0.2) is 0 Å². The van der Waals surface area contributed by atoms with Gasteiger partial charge >= 0.3 is 0 Å². The molecule has 2 bridgehead atoms. The highest BCUT2D eigenvalue weighted by molar-refractivity contribution is 5.02. The van der Waals surface area contributed by atoms with E-state index in [1.807, 2.05) is 0 Å². The molecule has 0 N–H and O–H groups in total. The van der Waals surface area contributed by atoms with Crippen LogP contribution in [0.5, 0.6) is 0 Å². The minimum absolute atomic E-state index is 1.02. The van der Waals surface area contributed by atoms with Gasteiger partial charge in [-0.1, -0.05) is 33.6 Å². The number of rotatable bonds is 3. The standard InChI is InChI=1S/C12H22/c1-4-5-8(2)12-10-6-7-11(12)9(10)3/h8-12H,4-7H2,1-3H3. The summed E-state index contributed by atoms with van der Waals surface area (Å²) in [4.78, 5) is 0. The Kier molecular flexibility index (Phi) is 2.18. The first-order valence-electron chi connectivity index (χ1n) is 5.75. The van der Waals surface area contributed by atoms with E-state index in [0.717, 1.165) is 29.6 Å². The van der Waals surface area contributed by atoms with E-state index < -0.39 is 0 Å². The van der Waals surface area contributed by atoms with Crippen LogP contribution in [0.2, 0.25) is 0 Å². The summed E-state index contributed by atoms with van der Waals surface area (Å²) in [5.41, 5.74) is 0. The molecule has 0 aliphatic heterocycles. The van der Waals surface area contributed by atoms with Crippen molar-refractivity contribution in [3.05, 3.63) is 0 Å². The van der Waals surface area contributed by atoms with Crippen molar-refractivity contribution < 1.29 is 0 Å². The molecular formula is C12H22. The Hall–Kier alpha value is 0. The lowest BCUT2D eigenvalue weighted by Gasteiger charge is -2.46. The van der Waals surface area contributed by atoms with E-state index in [9.17, 15) is 0 Å². The van der Waals surface area contributed by atoms with Gasteiger partial charge in [-0.25, -0.2) is 0 Å². The van der Waals surface area contributed by atoms with Crippen molar-refractivity contribution >= 4 is 0 Å². The summed E-state index contributed by atoms with van der Waals surface area (Å²) in [5, 5.41) is 0. The second-order valence-electron chi connectivity index (χ2n) is 5.11. The third kappa shape index (κ3) is 1.03. The number of hydrogen-bond donors (Lipinski definition) is 0. The summed E-state index contributed by atoms with van der Waals surface area (Å²) < 4.78 is 0. The van der Waals surface area contributed by atoms with Crippen molar-refractivity contribution in [2.24, 2.45) is 29.6 Å². The summed E-state index contributed by atoms with van der Waals surface area (Å²) in [6.07, 6.45) is 5.94. The molecule has 0 amide bonds. The van der Waals surface area contributed by atoms with Crippen molar-refractivity contribution in [2.75, 3.05) is 0 Å². The highest BCUT2D eigenvalue weighted by Crippen LogP contribution is 2.60. The normalized spacial score (nSPS) is 47.2. The van der Waals surface area contributed by atoms with Gasteiger partial charge in [0.05, 0.1) is 0 Å². The van der Waals surface area contributed by atoms with Crippen LogP contribution in [0, 0.1) is 29.6 Å². The summed E-state index contributed by atoms with van der Waals surface area (Å²) in [5.74, 6) is 5.46. The number of fused-ring (bicyclic) bond motifs is 1. The lowest BCUT2D eigenvalue weighted by Crippen LogP contribution is -2.41. The van der Waals surface area contributed by atoms with Crippen LogP contribution in [0.15, 0.2) is 0 Å². The maximum Gasteiger partial charge on any atom is -0.0326 e. The predicted octanol–water partition coefficient (Wildman–Crippen LogP) is 3.71. The Labute approximate surface area is 76.7 Å². The molecule has 3 aliphatic carbocycles. The maximum atomic E-state index is 2.48. The first-order chi connectivity index (χ1) is 5.75. The Morgan fingerprint density at radius 1 is 1.25 bits per heavy atom. The van der Waals surface area contributed by atoms with Gasteiger partial charge < -0.3 is 0 Å². The van der Waals surface area contributed by atoms with Crippen LogP contribution in [0.4, 0.5) is 0 Å². The highest BCUT2D eigenvalue weighted by Gasteiger charge is 2.53. The molecule has 0 aromatic carbocycles. The third-order valence-corrected chi connectivity index (χ3v) is 4.57. The molecule has 0 radical (unpaired) electrons. The van der Waals surface area contributed by atoms with Crippen molar-refractivity contribution in [3.63, 3.8) is 0 Å². The van der Waals surface area contributed by atoms with Crippen molar-refractivity contribution in [1.29, 1.82) is 0 Å². The van der Waals surface area contributed by atoms with Gasteiger partial charge in [-0.15, -0.1) is 0 Å². The van der Waals surface area contributed by atoms with Gasteiger partial charge in [0, 0.05) is 0 Å². The van der Waals surface area contributed by atoms with Crippen molar-refractivity contribution in [3.8, 4) is 0 Å². The Balaban J connectivity index is 1.92. The zero-order valence-electron chi connectivity index (χ0n) is 8.72. The summed E-state index contributed by atoms with van der Waals surface area (Å²) in [6, 6.07) is 0. The minimum atomic E-state index is 1.02. The fraction of sp³-hybridized carbons (Fsp3) is 1.00. The maximum absolute atomic E-state index is 2.48. The van der Waals surface area contributed by atoms with Gasteiger partial charge in [-0.3, -0.25) is 0 Å². The second kappa shape index (κ2) is 3.05. The molecule has 3 rings (SSSR count). The molecular weight excluding hydrogens is 144 g/mol. The minimum Gasteiger partial charge on any atom is -0.0654 e. The van der Waals surface area contributed by atoms with Gasteiger partial charge in [-0.05, 0) is 42.4 Å². The van der Waals surface area contributed by atoms with Crippen LogP contribution in [-0.2, 0) is 0 Å². The Morgan fingerprint density at radius 3 is 2.25 bits per heavy atom. The summed E-state index contributed by atoms with van der Waals surface area (Å²) in [6.45, 7) is 7.27. The fourth-order valence-corrected chi connectivity index (χ4v) is 3.98. The van der Waals surface area contributed by atoms with E-state index in [1.165, 1.54) is 12.8 Å². The first kappa shape index (κ1) is 8.59. The molecule has 0 nitrogen and oxygen atoms in total. The molecule has 0 aromatic heterocycles. The van der Waals surface area contributed by atoms with Crippen molar-refractivity contribution in [1.82, 2.24) is 0 Å². The average Bonchev–Trinajstić information content (AvgIpc) is 2.60. The molecule has 0 aromatic rings. The van der Waals surface area contributed by atoms with Crippen LogP contribution in [0.25, 0.3) is 0 Å². The molecule has 0 spiro atoms. The zero-order valence-corrected chi connectivity index (χ0v) is 8.72. The highest BCUT2D eigenvalue weighted by atomic mass is 14.6. The van der Waals surface area contributed by atoms with E-state index in [-0.39, 0.29) is 0 Å². The second-order valence-corrected chi connectivity index (χ2v) is 5.11. The monoisotopic (exact) mass is 166 g/mol. The SMILES string of the molecule is CCCC(C)C1C2CCC1C2C. The molecule has 3 fully saturated rings. The van der Waals surface area contributed by atoms with Crippen molar-refractivity contribution in [2.45, 2.75) is 46.5 Å². The van der Waals surface area contributed by atoms with Crippen LogP contribution < -0.4 is 0 Å². The molecule has 3 saturated carbocycles. The first-order valence-corrected chi connectivity index (χ1v) is 5.75. The van der Waals surface area contributed by atoms with Crippen LogP contribution in [0.1, 0.15) is 46.5 Å². The summed E-state index contributed by atoms with van der Waals surface area (Å²) in [7, 11) is 0. The fourth-order valence-electron chi connectivity index (χ4n) is 3.98. The Morgan fingerprint density at radius 2 is 1.83 bits per heavy atom. The quantitative estimate of drug-likeness (QED) is 0.599. The van der Waals surface area contributed by atoms with E-state index in [2.05, 4.69) is 20.8 Å². The lowest BCUT2D eigenvalue weighted by atomic mass is 9.59. The average molecular weight is 166 g/mol. The van der Waals surface area contributed by atoms with E-state index in [4.69, 9.17) is 0 Å². The zero-order chi connectivity index (χ0) is 8.72. The molecule has 70 valence electrons. The van der Waals surface area contributed by atoms with Crippen LogP contribution in [0.3, 0.4) is 0 Å². The van der Waals surface area contributed by atoms with E-state index in [0.29, 0.717) is 0 Å². The van der Waals surface area contributed by atoms with Crippen LogP contribution >= 0.6 is 0 Å². The molecule has 3 atom stereocenters. The molecule has 12 heavy (non-hydrogen) atoms. The van der Waals surface area contributed by atoms with Gasteiger partial charge in [0.2, 0.25) is 0 Å². The van der Waals surface area contributed by atoms with E-state index in [1.54, 1.807) is 12.8 Å². The number of hydrogen-bond acceptors (Lipinski definition) is 0. The molecule has 0 saturated heterocycles. The molecule has 0 heteroatoms. The topological polar surface area (TPSA) is 0 Å². The predicted molar refractivity (Wildman–Crippen MR) is 52.9 cm³/mol. The Bertz CT molecular complexity index is 149.